The van der Waals surface area contributed by atoms with E-state index in [9.17, 15) is 4.39 Å². The molecule has 0 aliphatic heterocycles. The Morgan fingerprint density at radius 3 is 2.95 bits per heavy atom. The van der Waals surface area contributed by atoms with Crippen molar-refractivity contribution >= 4 is 21.8 Å². The van der Waals surface area contributed by atoms with Crippen LogP contribution in [0, 0.1) is 5.82 Å². The number of oxime groups is 1. The van der Waals surface area contributed by atoms with Crippen molar-refractivity contribution in [2.75, 3.05) is 0 Å². The predicted molar refractivity (Wildman–Crippen MR) is 75.2 cm³/mol. The number of nitrogens with two attached hydrogens (primary N) is 1. The van der Waals surface area contributed by atoms with Gasteiger partial charge in [0.15, 0.2) is 5.84 Å². The molecule has 1 aromatic carbocycles. The molecule has 3 N–H and O–H groups in total. The van der Waals surface area contributed by atoms with Crippen molar-refractivity contribution in [1.29, 1.82) is 0 Å². The lowest BCUT2D eigenvalue weighted by Gasteiger charge is -2.09. The van der Waals surface area contributed by atoms with Crippen LogP contribution >= 0.6 is 15.9 Å². The molecular weight excluding hydrogens is 329 g/mol. The van der Waals surface area contributed by atoms with Crippen LogP contribution in [-0.4, -0.2) is 16.0 Å². The smallest absolute Gasteiger partial charge is 0.189 e. The maximum Gasteiger partial charge on any atom is 0.189 e. The van der Waals surface area contributed by atoms with E-state index in [4.69, 9.17) is 15.7 Å². The van der Waals surface area contributed by atoms with Gasteiger partial charge in [0.25, 0.3) is 0 Å². The van der Waals surface area contributed by atoms with Crippen LogP contribution in [-0.2, 0) is 6.61 Å². The van der Waals surface area contributed by atoms with Gasteiger partial charge < -0.3 is 15.7 Å². The number of amidine groups is 1. The van der Waals surface area contributed by atoms with Crippen LogP contribution in [0.25, 0.3) is 0 Å². The van der Waals surface area contributed by atoms with E-state index in [1.54, 1.807) is 24.3 Å². The van der Waals surface area contributed by atoms with E-state index >= 15 is 0 Å². The number of pyridine rings is 1. The molecule has 0 bridgehead atoms. The van der Waals surface area contributed by atoms with Crippen LogP contribution < -0.4 is 10.5 Å². The van der Waals surface area contributed by atoms with E-state index in [1.165, 1.54) is 12.3 Å². The fraction of sp³-hybridized carbons (Fsp3) is 0.0769. The van der Waals surface area contributed by atoms with E-state index in [0.717, 1.165) is 0 Å². The number of benzene rings is 1. The van der Waals surface area contributed by atoms with Gasteiger partial charge in [0.05, 0.1) is 4.47 Å². The van der Waals surface area contributed by atoms with Gasteiger partial charge in [-0.1, -0.05) is 11.2 Å². The summed E-state index contributed by atoms with van der Waals surface area (Å²) in [4.78, 5) is 4.02. The fourth-order valence-electron chi connectivity index (χ4n) is 1.56. The SMILES string of the molecule is NC(=NO)c1ncccc1COc1ccc(Br)c(F)c1. The summed E-state index contributed by atoms with van der Waals surface area (Å²) >= 11 is 3.06. The lowest BCUT2D eigenvalue weighted by molar-refractivity contribution is 0.303. The molecule has 0 aliphatic carbocycles. The second-order valence-electron chi connectivity index (χ2n) is 3.86. The molecule has 0 amide bonds. The van der Waals surface area contributed by atoms with Crippen LogP contribution in [0.2, 0.25) is 0 Å². The quantitative estimate of drug-likeness (QED) is 0.388. The van der Waals surface area contributed by atoms with Crippen molar-refractivity contribution in [3.63, 3.8) is 0 Å². The molecule has 0 saturated carbocycles. The Hall–Kier alpha value is -2.15. The van der Waals surface area contributed by atoms with Gasteiger partial charge in [-0.25, -0.2) is 4.39 Å². The van der Waals surface area contributed by atoms with Crippen LogP contribution in [0.5, 0.6) is 5.75 Å². The zero-order valence-electron chi connectivity index (χ0n) is 10.3. The van der Waals surface area contributed by atoms with Crippen LogP contribution in [0.3, 0.4) is 0 Å². The number of hydrogen-bond acceptors (Lipinski definition) is 4. The number of nitrogens with zero attached hydrogens (tertiary/aromatic N) is 2. The van der Waals surface area contributed by atoms with E-state index < -0.39 is 5.82 Å². The highest BCUT2D eigenvalue weighted by Crippen LogP contribution is 2.22. The minimum atomic E-state index is -0.412. The summed E-state index contributed by atoms with van der Waals surface area (Å²) in [5.41, 5.74) is 6.48. The van der Waals surface area contributed by atoms with Crippen molar-refractivity contribution in [2.45, 2.75) is 6.61 Å². The number of rotatable bonds is 4. The molecule has 0 fully saturated rings. The van der Waals surface area contributed by atoms with Crippen molar-refractivity contribution < 1.29 is 14.3 Å². The molecule has 20 heavy (non-hydrogen) atoms. The summed E-state index contributed by atoms with van der Waals surface area (Å²) in [5.74, 6) is -0.142. The average Bonchev–Trinajstić information content (AvgIpc) is 2.48. The summed E-state index contributed by atoms with van der Waals surface area (Å²) < 4.78 is 19.2. The van der Waals surface area contributed by atoms with Gasteiger partial charge in [0, 0.05) is 17.8 Å². The summed E-state index contributed by atoms with van der Waals surface area (Å²) in [6.07, 6.45) is 1.52. The Morgan fingerprint density at radius 1 is 1.45 bits per heavy atom. The first-order valence-electron chi connectivity index (χ1n) is 5.61. The summed E-state index contributed by atoms with van der Waals surface area (Å²) in [7, 11) is 0. The Labute approximate surface area is 123 Å². The van der Waals surface area contributed by atoms with Gasteiger partial charge in [0.2, 0.25) is 0 Å². The molecule has 5 nitrogen and oxygen atoms in total. The molecule has 2 rings (SSSR count). The molecule has 0 aliphatic rings. The Bertz CT molecular complexity index is 649. The summed E-state index contributed by atoms with van der Waals surface area (Å²) in [5, 5.41) is 11.6. The molecule has 0 unspecified atom stereocenters. The van der Waals surface area contributed by atoms with E-state index in [0.29, 0.717) is 21.5 Å². The zero-order valence-corrected chi connectivity index (χ0v) is 11.8. The maximum absolute atomic E-state index is 13.4. The topological polar surface area (TPSA) is 80.7 Å². The lowest BCUT2D eigenvalue weighted by atomic mass is 10.2. The van der Waals surface area contributed by atoms with E-state index in [-0.39, 0.29) is 12.4 Å². The molecule has 1 heterocycles. The summed E-state index contributed by atoms with van der Waals surface area (Å²) in [6.45, 7) is 0.125. The van der Waals surface area contributed by atoms with Crippen molar-refractivity contribution in [2.24, 2.45) is 10.9 Å². The molecular formula is C13H11BrFN3O2. The van der Waals surface area contributed by atoms with Gasteiger partial charge in [-0.2, -0.15) is 0 Å². The molecule has 0 saturated heterocycles. The van der Waals surface area contributed by atoms with Gasteiger partial charge >= 0.3 is 0 Å². The highest BCUT2D eigenvalue weighted by molar-refractivity contribution is 9.10. The normalized spacial score (nSPS) is 11.4. The molecule has 0 radical (unpaired) electrons. The first-order chi connectivity index (χ1) is 9.61. The number of aromatic nitrogens is 1. The van der Waals surface area contributed by atoms with Crippen LogP contribution in [0.1, 0.15) is 11.3 Å². The number of ether oxygens (including phenoxy) is 1. The third-order valence-electron chi connectivity index (χ3n) is 2.53. The highest BCUT2D eigenvalue weighted by Gasteiger charge is 2.09. The minimum absolute atomic E-state index is 0.105. The third kappa shape index (κ3) is 3.24. The maximum atomic E-state index is 13.4. The first kappa shape index (κ1) is 14.3. The van der Waals surface area contributed by atoms with Crippen molar-refractivity contribution in [3.8, 4) is 5.75 Å². The molecule has 7 heteroatoms. The van der Waals surface area contributed by atoms with Gasteiger partial charge in [0.1, 0.15) is 23.9 Å². The molecule has 0 spiro atoms. The van der Waals surface area contributed by atoms with Crippen molar-refractivity contribution in [1.82, 2.24) is 4.98 Å². The highest BCUT2D eigenvalue weighted by atomic mass is 79.9. The standard InChI is InChI=1S/C13H11BrFN3O2/c14-10-4-3-9(6-11(10)15)20-7-8-2-1-5-17-12(8)13(16)18-19/h1-6,19H,7H2,(H2,16,18). The molecule has 104 valence electrons. The first-order valence-corrected chi connectivity index (χ1v) is 6.40. The van der Waals surface area contributed by atoms with Gasteiger partial charge in [-0.05, 0) is 34.1 Å². The molecule has 0 atom stereocenters. The van der Waals surface area contributed by atoms with Crippen molar-refractivity contribution in [3.05, 3.63) is 58.1 Å². The third-order valence-corrected chi connectivity index (χ3v) is 3.17. The van der Waals surface area contributed by atoms with Gasteiger partial charge in [-0.15, -0.1) is 0 Å². The largest absolute Gasteiger partial charge is 0.489 e. The Kier molecular flexibility index (Phi) is 4.52. The second-order valence-corrected chi connectivity index (χ2v) is 4.72. The van der Waals surface area contributed by atoms with Crippen LogP contribution in [0.15, 0.2) is 46.2 Å². The monoisotopic (exact) mass is 339 g/mol. The molecule has 1 aromatic heterocycles. The number of hydrogen-bond donors (Lipinski definition) is 2. The zero-order chi connectivity index (χ0) is 14.5. The fourth-order valence-corrected chi connectivity index (χ4v) is 1.81. The predicted octanol–water partition coefficient (Wildman–Crippen LogP) is 2.66. The minimum Gasteiger partial charge on any atom is -0.489 e. The Morgan fingerprint density at radius 2 is 2.25 bits per heavy atom. The summed E-state index contributed by atoms with van der Waals surface area (Å²) in [6, 6.07) is 7.89. The average molecular weight is 340 g/mol. The van der Waals surface area contributed by atoms with E-state index in [1.807, 2.05) is 0 Å². The Balaban J connectivity index is 2.17. The van der Waals surface area contributed by atoms with Crippen LogP contribution in [0.4, 0.5) is 4.39 Å². The number of halogens is 2. The lowest BCUT2D eigenvalue weighted by Crippen LogP contribution is -2.18. The van der Waals surface area contributed by atoms with E-state index in [2.05, 4.69) is 26.1 Å². The van der Waals surface area contributed by atoms with Gasteiger partial charge in [-0.3, -0.25) is 4.98 Å². The second kappa shape index (κ2) is 6.33. The molecule has 2 aromatic rings.